The van der Waals surface area contributed by atoms with Gasteiger partial charge in [0.15, 0.2) is 0 Å². The maximum atomic E-state index is 12.3. The molecule has 29 heavy (non-hydrogen) atoms. The minimum atomic E-state index is -1.19. The molecule has 156 valence electrons. The number of nitrogens with two attached hydrogens (primary N) is 1. The fourth-order valence-corrected chi connectivity index (χ4v) is 2.70. The lowest BCUT2D eigenvalue weighted by atomic mass is 10.0. The summed E-state index contributed by atoms with van der Waals surface area (Å²) in [5.74, 6) is -2.93. The molecule has 10 nitrogen and oxygen atoms in total. The molecule has 0 saturated carbocycles. The Morgan fingerprint density at radius 2 is 1.79 bits per heavy atom. The standard InChI is InChI=1S/C19H25N5O5/c1-10(20)17(26)22-9-16(25)23-11(2)18(27)24-15(19(28)29)7-12-8-21-14-6-4-3-5-13(12)14/h3-6,8,10-11,15,21H,7,9,20H2,1-2H3,(H,22,26)(H,23,25)(H,24,27)(H,28,29). The summed E-state index contributed by atoms with van der Waals surface area (Å²) in [7, 11) is 0. The van der Waals surface area contributed by atoms with Crippen molar-refractivity contribution in [2.75, 3.05) is 6.54 Å². The van der Waals surface area contributed by atoms with E-state index in [9.17, 15) is 24.3 Å². The third-order valence-corrected chi connectivity index (χ3v) is 4.32. The van der Waals surface area contributed by atoms with E-state index in [0.29, 0.717) is 0 Å². The summed E-state index contributed by atoms with van der Waals surface area (Å²) in [6.45, 7) is 2.56. The van der Waals surface area contributed by atoms with Crippen LogP contribution in [0.25, 0.3) is 10.9 Å². The van der Waals surface area contributed by atoms with Gasteiger partial charge in [-0.05, 0) is 25.5 Å². The van der Waals surface area contributed by atoms with Gasteiger partial charge in [-0.15, -0.1) is 0 Å². The minimum absolute atomic E-state index is 0.0796. The van der Waals surface area contributed by atoms with E-state index in [1.54, 1.807) is 6.20 Å². The van der Waals surface area contributed by atoms with Crippen LogP contribution in [0.2, 0.25) is 0 Å². The zero-order chi connectivity index (χ0) is 21.6. The number of carbonyl (C=O) groups excluding carboxylic acids is 3. The molecule has 0 aliphatic carbocycles. The van der Waals surface area contributed by atoms with Crippen LogP contribution in [0.5, 0.6) is 0 Å². The average molecular weight is 403 g/mol. The van der Waals surface area contributed by atoms with E-state index in [-0.39, 0.29) is 13.0 Å². The first-order chi connectivity index (χ1) is 13.7. The summed E-state index contributed by atoms with van der Waals surface area (Å²) in [5, 5.41) is 17.5. The van der Waals surface area contributed by atoms with Crippen LogP contribution in [0.15, 0.2) is 30.5 Å². The maximum Gasteiger partial charge on any atom is 0.326 e. The van der Waals surface area contributed by atoms with Crippen LogP contribution in [0.1, 0.15) is 19.4 Å². The van der Waals surface area contributed by atoms with Crippen molar-refractivity contribution in [2.24, 2.45) is 5.73 Å². The lowest BCUT2D eigenvalue weighted by Gasteiger charge is -2.19. The Balaban J connectivity index is 1.94. The molecule has 0 saturated heterocycles. The van der Waals surface area contributed by atoms with E-state index in [4.69, 9.17) is 5.73 Å². The molecule has 3 amide bonds. The van der Waals surface area contributed by atoms with E-state index in [2.05, 4.69) is 20.9 Å². The molecule has 3 atom stereocenters. The summed E-state index contributed by atoms with van der Waals surface area (Å²) in [6, 6.07) is 4.52. The van der Waals surface area contributed by atoms with Crippen molar-refractivity contribution in [1.29, 1.82) is 0 Å². The highest BCUT2D eigenvalue weighted by Gasteiger charge is 2.25. The van der Waals surface area contributed by atoms with Gasteiger partial charge in [0.1, 0.15) is 12.1 Å². The lowest BCUT2D eigenvalue weighted by molar-refractivity contribution is -0.142. The Morgan fingerprint density at radius 3 is 2.45 bits per heavy atom. The van der Waals surface area contributed by atoms with Crippen molar-refractivity contribution >= 4 is 34.6 Å². The van der Waals surface area contributed by atoms with Gasteiger partial charge in [0, 0.05) is 23.5 Å². The average Bonchev–Trinajstić information content (AvgIpc) is 3.08. The first-order valence-electron chi connectivity index (χ1n) is 9.10. The Labute approximate surface area is 167 Å². The first kappa shape index (κ1) is 21.9. The van der Waals surface area contributed by atoms with Gasteiger partial charge in [0.05, 0.1) is 12.6 Å². The van der Waals surface area contributed by atoms with Gasteiger partial charge in [-0.25, -0.2) is 4.79 Å². The summed E-state index contributed by atoms with van der Waals surface area (Å²) in [4.78, 5) is 50.2. The molecule has 1 aromatic carbocycles. The SMILES string of the molecule is CC(N)C(=O)NCC(=O)NC(C)C(=O)NC(Cc1c[nH]c2ccccc12)C(=O)O. The smallest absolute Gasteiger partial charge is 0.326 e. The zero-order valence-corrected chi connectivity index (χ0v) is 16.2. The number of nitrogens with one attached hydrogen (secondary N) is 4. The number of carbonyl (C=O) groups is 4. The number of para-hydroxylation sites is 1. The van der Waals surface area contributed by atoms with Gasteiger partial charge < -0.3 is 31.8 Å². The second-order valence-electron chi connectivity index (χ2n) is 6.76. The number of carboxylic acid groups (broad SMARTS) is 1. The quantitative estimate of drug-likeness (QED) is 0.322. The Bertz CT molecular complexity index is 907. The first-order valence-corrected chi connectivity index (χ1v) is 9.10. The molecule has 2 rings (SSSR count). The summed E-state index contributed by atoms with van der Waals surface area (Å²) in [6.07, 6.45) is 1.79. The molecule has 2 aromatic rings. The Morgan fingerprint density at radius 1 is 1.10 bits per heavy atom. The molecule has 0 bridgehead atoms. The highest BCUT2D eigenvalue weighted by atomic mass is 16.4. The molecule has 0 aliphatic heterocycles. The molecule has 0 radical (unpaired) electrons. The van der Waals surface area contributed by atoms with E-state index in [1.165, 1.54) is 13.8 Å². The van der Waals surface area contributed by atoms with Crippen molar-refractivity contribution < 1.29 is 24.3 Å². The molecular weight excluding hydrogens is 378 g/mol. The summed E-state index contributed by atoms with van der Waals surface area (Å²) in [5.41, 5.74) is 7.00. The van der Waals surface area contributed by atoms with Gasteiger partial charge in [-0.3, -0.25) is 14.4 Å². The third-order valence-electron chi connectivity index (χ3n) is 4.32. The van der Waals surface area contributed by atoms with E-state index < -0.39 is 41.8 Å². The number of benzene rings is 1. The third kappa shape index (κ3) is 6.04. The predicted molar refractivity (Wildman–Crippen MR) is 106 cm³/mol. The molecule has 1 heterocycles. The monoisotopic (exact) mass is 403 g/mol. The van der Waals surface area contributed by atoms with Crippen molar-refractivity contribution in [3.8, 4) is 0 Å². The molecule has 0 fully saturated rings. The van der Waals surface area contributed by atoms with Gasteiger partial charge in [0.2, 0.25) is 17.7 Å². The van der Waals surface area contributed by atoms with Crippen molar-refractivity contribution in [3.05, 3.63) is 36.0 Å². The topological polar surface area (TPSA) is 166 Å². The molecule has 0 spiro atoms. The highest BCUT2D eigenvalue weighted by Crippen LogP contribution is 2.19. The second kappa shape index (κ2) is 9.69. The number of amides is 3. The Kier molecular flexibility index (Phi) is 7.32. The zero-order valence-electron chi connectivity index (χ0n) is 16.2. The van der Waals surface area contributed by atoms with Crippen LogP contribution in [-0.4, -0.2) is 58.5 Å². The van der Waals surface area contributed by atoms with Crippen molar-refractivity contribution in [1.82, 2.24) is 20.9 Å². The van der Waals surface area contributed by atoms with Crippen molar-refractivity contribution in [3.63, 3.8) is 0 Å². The predicted octanol–water partition coefficient (Wildman–Crippen LogP) is -0.752. The number of fused-ring (bicyclic) bond motifs is 1. The number of rotatable bonds is 9. The van der Waals surface area contributed by atoms with Gasteiger partial charge >= 0.3 is 5.97 Å². The van der Waals surface area contributed by atoms with Crippen LogP contribution in [0.3, 0.4) is 0 Å². The van der Waals surface area contributed by atoms with Crippen LogP contribution in [0, 0.1) is 0 Å². The maximum absolute atomic E-state index is 12.3. The lowest BCUT2D eigenvalue weighted by Crippen LogP contribution is -2.52. The van der Waals surface area contributed by atoms with Crippen LogP contribution in [-0.2, 0) is 25.6 Å². The van der Waals surface area contributed by atoms with Crippen LogP contribution >= 0.6 is 0 Å². The van der Waals surface area contributed by atoms with E-state index in [0.717, 1.165) is 16.5 Å². The highest BCUT2D eigenvalue weighted by molar-refractivity contribution is 5.92. The summed E-state index contributed by atoms with van der Waals surface area (Å²) < 4.78 is 0. The number of hydrogen-bond acceptors (Lipinski definition) is 5. The molecule has 10 heteroatoms. The van der Waals surface area contributed by atoms with Gasteiger partial charge in [-0.2, -0.15) is 0 Å². The van der Waals surface area contributed by atoms with Crippen LogP contribution in [0.4, 0.5) is 0 Å². The fraction of sp³-hybridized carbons (Fsp3) is 0.368. The van der Waals surface area contributed by atoms with Gasteiger partial charge in [-0.1, -0.05) is 18.2 Å². The number of hydrogen-bond donors (Lipinski definition) is 6. The number of aromatic amines is 1. The number of carboxylic acids is 1. The van der Waals surface area contributed by atoms with E-state index >= 15 is 0 Å². The number of aliphatic carboxylic acids is 1. The van der Waals surface area contributed by atoms with E-state index in [1.807, 2.05) is 24.3 Å². The molecule has 0 aliphatic rings. The molecular formula is C19H25N5O5. The van der Waals surface area contributed by atoms with Gasteiger partial charge in [0.25, 0.3) is 0 Å². The largest absolute Gasteiger partial charge is 0.480 e. The second-order valence-corrected chi connectivity index (χ2v) is 6.76. The molecule has 3 unspecified atom stereocenters. The fourth-order valence-electron chi connectivity index (χ4n) is 2.70. The Hall–Kier alpha value is -3.40. The number of aromatic nitrogens is 1. The number of H-pyrrole nitrogens is 1. The minimum Gasteiger partial charge on any atom is -0.480 e. The molecule has 7 N–H and O–H groups in total. The van der Waals surface area contributed by atoms with Crippen molar-refractivity contribution in [2.45, 2.75) is 38.4 Å². The normalized spacial score (nSPS) is 13.9. The summed E-state index contributed by atoms with van der Waals surface area (Å²) >= 11 is 0. The van der Waals surface area contributed by atoms with Crippen LogP contribution < -0.4 is 21.7 Å². The molecule has 1 aromatic heterocycles.